The number of halogens is 3. The van der Waals surface area contributed by atoms with E-state index >= 15 is 0 Å². The minimum absolute atomic E-state index is 0.00493. The second-order valence-corrected chi connectivity index (χ2v) is 12.1. The molecule has 0 spiro atoms. The molecule has 1 fully saturated rings. The summed E-state index contributed by atoms with van der Waals surface area (Å²) in [5.74, 6) is -3.17. The molecule has 2 unspecified atom stereocenters. The first-order valence-electron chi connectivity index (χ1n) is 12.6. The molecule has 0 radical (unpaired) electrons. The number of hydrogen-bond acceptors (Lipinski definition) is 5. The van der Waals surface area contributed by atoms with E-state index in [9.17, 15) is 32.3 Å². The van der Waals surface area contributed by atoms with Gasteiger partial charge in [0.15, 0.2) is 6.17 Å². The fourth-order valence-electron chi connectivity index (χ4n) is 4.57. The quantitative estimate of drug-likeness (QED) is 0.349. The minimum Gasteiger partial charge on any atom is -0.481 e. The standard InChI is InChI=1S/C28H26Cl2FN3O6S/c29-22-12-11-21(16-23(22)30)41(39,40)34-15-14-33(25(35)13-6-18-4-2-1-3-5-18)28(34)27(38)32-24(17-26(36)37)19-7-9-20(31)10-8-19/h1-5,7-12,16,24,28H,6,13-15,17H2,(H,32,38)(H,36,37). The Labute approximate surface area is 246 Å². The summed E-state index contributed by atoms with van der Waals surface area (Å²) in [5, 5.41) is 12.1. The third kappa shape index (κ3) is 7.23. The summed E-state index contributed by atoms with van der Waals surface area (Å²) in [6.07, 6.45) is -1.81. The Morgan fingerprint density at radius 1 is 0.976 bits per heavy atom. The number of nitrogens with one attached hydrogen (secondary N) is 1. The van der Waals surface area contributed by atoms with Crippen LogP contribution < -0.4 is 5.32 Å². The van der Waals surface area contributed by atoms with Gasteiger partial charge < -0.3 is 15.3 Å². The fourth-order valence-corrected chi connectivity index (χ4v) is 6.51. The summed E-state index contributed by atoms with van der Waals surface area (Å²) in [6, 6.07) is 16.7. The highest BCUT2D eigenvalue weighted by Gasteiger charge is 2.47. The van der Waals surface area contributed by atoms with Gasteiger partial charge in [-0.1, -0.05) is 65.7 Å². The van der Waals surface area contributed by atoms with Gasteiger partial charge in [-0.3, -0.25) is 14.4 Å². The van der Waals surface area contributed by atoms with E-state index in [0.717, 1.165) is 33.0 Å². The second-order valence-electron chi connectivity index (χ2n) is 9.35. The Bertz CT molecular complexity index is 1540. The van der Waals surface area contributed by atoms with Crippen molar-refractivity contribution in [1.29, 1.82) is 0 Å². The maximum Gasteiger partial charge on any atom is 0.305 e. The minimum atomic E-state index is -4.37. The first-order valence-corrected chi connectivity index (χ1v) is 14.7. The molecule has 4 rings (SSSR count). The van der Waals surface area contributed by atoms with Crippen LogP contribution in [0.15, 0.2) is 77.7 Å². The first kappa shape index (κ1) is 30.4. The molecule has 13 heteroatoms. The third-order valence-electron chi connectivity index (χ3n) is 6.62. The van der Waals surface area contributed by atoms with Crippen LogP contribution in [0.2, 0.25) is 10.0 Å². The highest BCUT2D eigenvalue weighted by Crippen LogP contribution is 2.30. The van der Waals surface area contributed by atoms with E-state index < -0.39 is 52.3 Å². The fraction of sp³-hybridized carbons (Fsp3) is 0.250. The topological polar surface area (TPSA) is 124 Å². The Balaban J connectivity index is 1.66. The largest absolute Gasteiger partial charge is 0.481 e. The average Bonchev–Trinajstić information content (AvgIpc) is 3.40. The highest BCUT2D eigenvalue weighted by molar-refractivity contribution is 7.89. The van der Waals surface area contributed by atoms with Crippen molar-refractivity contribution in [3.63, 3.8) is 0 Å². The van der Waals surface area contributed by atoms with E-state index in [1.807, 2.05) is 30.3 Å². The molecule has 0 saturated carbocycles. The van der Waals surface area contributed by atoms with Crippen LogP contribution in [-0.4, -0.2) is 59.8 Å². The number of aryl methyl sites for hydroxylation is 1. The van der Waals surface area contributed by atoms with Crippen molar-refractivity contribution in [1.82, 2.24) is 14.5 Å². The van der Waals surface area contributed by atoms with Crippen LogP contribution in [0.5, 0.6) is 0 Å². The van der Waals surface area contributed by atoms with Crippen molar-refractivity contribution in [2.45, 2.75) is 36.4 Å². The van der Waals surface area contributed by atoms with Gasteiger partial charge in [0.05, 0.1) is 27.4 Å². The molecule has 9 nitrogen and oxygen atoms in total. The summed E-state index contributed by atoms with van der Waals surface area (Å²) >= 11 is 12.0. The van der Waals surface area contributed by atoms with Crippen molar-refractivity contribution in [3.05, 3.63) is 99.8 Å². The maximum absolute atomic E-state index is 13.8. The predicted molar refractivity (Wildman–Crippen MR) is 150 cm³/mol. The normalized spacial score (nSPS) is 16.4. The smallest absolute Gasteiger partial charge is 0.305 e. The molecule has 216 valence electrons. The molecule has 2 atom stereocenters. The average molecular weight is 623 g/mol. The number of sulfonamides is 1. The highest BCUT2D eigenvalue weighted by atomic mass is 35.5. The molecule has 1 aliphatic rings. The van der Waals surface area contributed by atoms with E-state index in [1.54, 1.807) is 0 Å². The van der Waals surface area contributed by atoms with Crippen molar-refractivity contribution in [2.75, 3.05) is 13.1 Å². The molecule has 2 N–H and O–H groups in total. The first-order chi connectivity index (χ1) is 19.5. The molecular formula is C28H26Cl2FN3O6S. The van der Waals surface area contributed by atoms with Crippen molar-refractivity contribution < 1.29 is 32.3 Å². The molecule has 0 aromatic heterocycles. The monoisotopic (exact) mass is 621 g/mol. The maximum atomic E-state index is 13.8. The Morgan fingerprint density at radius 3 is 2.29 bits per heavy atom. The molecule has 41 heavy (non-hydrogen) atoms. The predicted octanol–water partition coefficient (Wildman–Crippen LogP) is 4.26. The number of hydrogen-bond donors (Lipinski definition) is 2. The molecule has 3 aromatic rings. The van der Waals surface area contributed by atoms with Crippen LogP contribution in [0.3, 0.4) is 0 Å². The molecule has 1 heterocycles. The van der Waals surface area contributed by atoms with Gasteiger partial charge in [0, 0.05) is 19.5 Å². The number of nitrogens with zero attached hydrogens (tertiary/aromatic N) is 2. The Hall–Kier alpha value is -3.51. The van der Waals surface area contributed by atoms with Gasteiger partial charge in [-0.15, -0.1) is 0 Å². The van der Waals surface area contributed by atoms with Crippen LogP contribution in [0.25, 0.3) is 0 Å². The Morgan fingerprint density at radius 2 is 1.66 bits per heavy atom. The number of rotatable bonds is 10. The number of amides is 2. The van der Waals surface area contributed by atoms with E-state index in [-0.39, 0.29) is 34.5 Å². The lowest BCUT2D eigenvalue weighted by molar-refractivity contribution is -0.142. The summed E-state index contributed by atoms with van der Waals surface area (Å²) < 4.78 is 41.8. The van der Waals surface area contributed by atoms with Gasteiger partial charge in [0.1, 0.15) is 5.82 Å². The van der Waals surface area contributed by atoms with Crippen LogP contribution in [-0.2, 0) is 30.8 Å². The van der Waals surface area contributed by atoms with Gasteiger partial charge in [0.25, 0.3) is 5.91 Å². The van der Waals surface area contributed by atoms with Gasteiger partial charge >= 0.3 is 5.97 Å². The number of benzene rings is 3. The number of carboxylic acids is 1. The molecule has 1 aliphatic heterocycles. The zero-order chi connectivity index (χ0) is 29.7. The van der Waals surface area contributed by atoms with E-state index in [0.29, 0.717) is 12.0 Å². The lowest BCUT2D eigenvalue weighted by atomic mass is 10.0. The van der Waals surface area contributed by atoms with Crippen LogP contribution in [0.1, 0.15) is 30.0 Å². The van der Waals surface area contributed by atoms with E-state index in [1.165, 1.54) is 24.3 Å². The van der Waals surface area contributed by atoms with E-state index in [4.69, 9.17) is 23.2 Å². The van der Waals surface area contributed by atoms with Crippen molar-refractivity contribution >= 4 is 51.0 Å². The van der Waals surface area contributed by atoms with Crippen LogP contribution in [0.4, 0.5) is 4.39 Å². The van der Waals surface area contributed by atoms with Crippen LogP contribution in [0, 0.1) is 5.82 Å². The molecule has 0 aliphatic carbocycles. The van der Waals surface area contributed by atoms with Crippen LogP contribution >= 0.6 is 23.2 Å². The summed E-state index contributed by atoms with van der Waals surface area (Å²) in [5.41, 5.74) is 1.18. The van der Waals surface area contributed by atoms with E-state index in [2.05, 4.69) is 5.32 Å². The Kier molecular flexibility index (Phi) is 9.64. The molecular weight excluding hydrogens is 596 g/mol. The van der Waals surface area contributed by atoms with Gasteiger partial charge in [-0.05, 0) is 47.9 Å². The summed E-state index contributed by atoms with van der Waals surface area (Å²) in [4.78, 5) is 39.6. The number of carbonyl (C=O) groups excluding carboxylic acids is 2. The molecule has 2 amide bonds. The number of carbonyl (C=O) groups is 3. The SMILES string of the molecule is O=C(O)CC(NC(=O)C1N(C(=O)CCc2ccccc2)CCN1S(=O)(=O)c1ccc(Cl)c(Cl)c1)c1ccc(F)cc1. The van der Waals surface area contributed by atoms with Gasteiger partial charge in [0.2, 0.25) is 15.9 Å². The number of carboxylic acid groups (broad SMARTS) is 1. The van der Waals surface area contributed by atoms with Gasteiger partial charge in [-0.2, -0.15) is 4.31 Å². The lowest BCUT2D eigenvalue weighted by Gasteiger charge is -2.30. The molecule has 1 saturated heterocycles. The zero-order valence-electron chi connectivity index (χ0n) is 21.5. The summed E-state index contributed by atoms with van der Waals surface area (Å²) in [6.45, 7) is -0.274. The molecule has 0 bridgehead atoms. The van der Waals surface area contributed by atoms with Crippen molar-refractivity contribution in [3.8, 4) is 0 Å². The lowest BCUT2D eigenvalue weighted by Crippen LogP contribution is -2.54. The molecule has 3 aromatic carbocycles. The third-order valence-corrected chi connectivity index (χ3v) is 9.21. The number of aliphatic carboxylic acids is 1. The second kappa shape index (κ2) is 13.0. The van der Waals surface area contributed by atoms with Gasteiger partial charge in [-0.25, -0.2) is 12.8 Å². The summed E-state index contributed by atoms with van der Waals surface area (Å²) in [7, 11) is -4.37. The van der Waals surface area contributed by atoms with Crippen molar-refractivity contribution in [2.24, 2.45) is 0 Å². The zero-order valence-corrected chi connectivity index (χ0v) is 23.9.